The SMILES string of the molecule is CCCn1ncc(Cl)c1C(NCC)c1cc(C)oc1C. The number of aromatic nitrogens is 2. The normalized spacial score (nSPS) is 12.8. The standard InChI is InChI=1S/C15H22ClN3O/c1-5-7-19-15(13(16)9-18-19)14(17-6-2)12-8-10(3)20-11(12)4/h8-9,14,17H,5-7H2,1-4H3. The Morgan fingerprint density at radius 3 is 2.70 bits per heavy atom. The van der Waals surface area contributed by atoms with Gasteiger partial charge in [0.25, 0.3) is 0 Å². The maximum atomic E-state index is 6.37. The van der Waals surface area contributed by atoms with Gasteiger partial charge in [-0.1, -0.05) is 25.4 Å². The lowest BCUT2D eigenvalue weighted by Gasteiger charge is -2.19. The van der Waals surface area contributed by atoms with E-state index in [1.807, 2.05) is 18.5 Å². The lowest BCUT2D eigenvalue weighted by molar-refractivity contribution is 0.485. The van der Waals surface area contributed by atoms with Crippen LogP contribution in [-0.4, -0.2) is 16.3 Å². The van der Waals surface area contributed by atoms with Crippen molar-refractivity contribution in [1.29, 1.82) is 0 Å². The summed E-state index contributed by atoms with van der Waals surface area (Å²) in [6, 6.07) is 2.08. The van der Waals surface area contributed by atoms with Crippen LogP contribution in [0.2, 0.25) is 5.02 Å². The molecule has 4 nitrogen and oxygen atoms in total. The molecule has 0 aliphatic heterocycles. The van der Waals surface area contributed by atoms with Crippen molar-refractivity contribution in [1.82, 2.24) is 15.1 Å². The average Bonchev–Trinajstić information content (AvgIpc) is 2.91. The second-order valence-electron chi connectivity index (χ2n) is 4.96. The van der Waals surface area contributed by atoms with Crippen molar-refractivity contribution < 1.29 is 4.42 Å². The fourth-order valence-electron chi connectivity index (χ4n) is 2.54. The predicted octanol–water partition coefficient (Wildman–Crippen LogP) is 3.86. The number of aryl methyl sites for hydroxylation is 3. The molecule has 0 aliphatic carbocycles. The molecule has 0 aromatic carbocycles. The predicted molar refractivity (Wildman–Crippen MR) is 81.2 cm³/mol. The molecule has 0 fully saturated rings. The molecule has 5 heteroatoms. The van der Waals surface area contributed by atoms with Crippen LogP contribution < -0.4 is 5.32 Å². The van der Waals surface area contributed by atoms with Crippen molar-refractivity contribution in [2.24, 2.45) is 0 Å². The zero-order valence-electron chi connectivity index (χ0n) is 12.5. The molecule has 0 amide bonds. The molecule has 0 aliphatic rings. The summed E-state index contributed by atoms with van der Waals surface area (Å²) >= 11 is 6.37. The Balaban J connectivity index is 2.48. The topological polar surface area (TPSA) is 43.0 Å². The Kier molecular flexibility index (Phi) is 4.89. The second-order valence-corrected chi connectivity index (χ2v) is 5.37. The van der Waals surface area contributed by atoms with Gasteiger partial charge in [-0.05, 0) is 32.9 Å². The molecule has 0 saturated carbocycles. The molecule has 1 unspecified atom stereocenters. The molecule has 2 heterocycles. The van der Waals surface area contributed by atoms with Crippen molar-refractivity contribution in [2.45, 2.75) is 46.7 Å². The molecular formula is C15H22ClN3O. The van der Waals surface area contributed by atoms with E-state index in [1.54, 1.807) is 6.20 Å². The first-order chi connectivity index (χ1) is 9.58. The van der Waals surface area contributed by atoms with Crippen LogP contribution in [0.3, 0.4) is 0 Å². The van der Waals surface area contributed by atoms with Gasteiger partial charge in [0.05, 0.1) is 23.0 Å². The number of rotatable bonds is 6. The zero-order chi connectivity index (χ0) is 14.7. The number of furan rings is 1. The molecule has 0 radical (unpaired) electrons. The lowest BCUT2D eigenvalue weighted by Crippen LogP contribution is -2.25. The summed E-state index contributed by atoms with van der Waals surface area (Å²) in [5.41, 5.74) is 2.14. The first-order valence-corrected chi connectivity index (χ1v) is 7.47. The Hall–Kier alpha value is -1.26. The van der Waals surface area contributed by atoms with E-state index in [-0.39, 0.29) is 6.04 Å². The number of halogens is 1. The fourth-order valence-corrected chi connectivity index (χ4v) is 2.79. The quantitative estimate of drug-likeness (QED) is 0.880. The summed E-state index contributed by atoms with van der Waals surface area (Å²) in [6.45, 7) is 9.88. The van der Waals surface area contributed by atoms with Gasteiger partial charge in [0.2, 0.25) is 0 Å². The van der Waals surface area contributed by atoms with E-state index in [2.05, 4.69) is 30.3 Å². The minimum atomic E-state index is 0.0130. The molecule has 1 N–H and O–H groups in total. The van der Waals surface area contributed by atoms with Crippen molar-refractivity contribution in [3.8, 4) is 0 Å². The van der Waals surface area contributed by atoms with Crippen LogP contribution in [0.4, 0.5) is 0 Å². The van der Waals surface area contributed by atoms with Crippen molar-refractivity contribution in [3.63, 3.8) is 0 Å². The molecule has 0 saturated heterocycles. The highest BCUT2D eigenvalue weighted by molar-refractivity contribution is 6.31. The molecule has 2 aromatic rings. The van der Waals surface area contributed by atoms with Gasteiger partial charge in [-0.2, -0.15) is 5.10 Å². The zero-order valence-corrected chi connectivity index (χ0v) is 13.3. The van der Waals surface area contributed by atoms with Crippen LogP contribution in [0, 0.1) is 13.8 Å². The van der Waals surface area contributed by atoms with E-state index >= 15 is 0 Å². The van der Waals surface area contributed by atoms with Crippen LogP contribution >= 0.6 is 11.6 Å². The summed E-state index contributed by atoms with van der Waals surface area (Å²) in [5, 5.41) is 8.57. The van der Waals surface area contributed by atoms with Gasteiger partial charge in [-0.25, -0.2) is 0 Å². The molecule has 2 aromatic heterocycles. The third-order valence-electron chi connectivity index (χ3n) is 3.34. The first-order valence-electron chi connectivity index (χ1n) is 7.10. The minimum absolute atomic E-state index is 0.0130. The molecule has 0 bridgehead atoms. The van der Waals surface area contributed by atoms with Crippen LogP contribution in [0.25, 0.3) is 0 Å². The smallest absolute Gasteiger partial charge is 0.106 e. The second kappa shape index (κ2) is 6.46. The van der Waals surface area contributed by atoms with Crippen molar-refractivity contribution >= 4 is 11.6 Å². The molecule has 110 valence electrons. The Labute approximate surface area is 125 Å². The van der Waals surface area contributed by atoms with E-state index in [9.17, 15) is 0 Å². The number of nitrogens with one attached hydrogen (secondary N) is 1. The van der Waals surface area contributed by atoms with E-state index in [0.717, 1.165) is 42.3 Å². The van der Waals surface area contributed by atoms with Gasteiger partial charge in [-0.15, -0.1) is 0 Å². The molecule has 1 atom stereocenters. The molecular weight excluding hydrogens is 274 g/mol. The van der Waals surface area contributed by atoms with E-state index in [4.69, 9.17) is 16.0 Å². The Morgan fingerprint density at radius 2 is 2.15 bits per heavy atom. The van der Waals surface area contributed by atoms with Crippen LogP contribution in [0.15, 0.2) is 16.7 Å². The van der Waals surface area contributed by atoms with Gasteiger partial charge < -0.3 is 9.73 Å². The summed E-state index contributed by atoms with van der Waals surface area (Å²) in [5.74, 6) is 1.84. The highest BCUT2D eigenvalue weighted by Crippen LogP contribution is 2.31. The molecule has 2 rings (SSSR count). The van der Waals surface area contributed by atoms with Crippen LogP contribution in [-0.2, 0) is 6.54 Å². The summed E-state index contributed by atoms with van der Waals surface area (Å²) in [4.78, 5) is 0. The molecule has 0 spiro atoms. The minimum Gasteiger partial charge on any atom is -0.466 e. The number of nitrogens with zero attached hydrogens (tertiary/aromatic N) is 2. The highest BCUT2D eigenvalue weighted by atomic mass is 35.5. The Morgan fingerprint density at radius 1 is 1.40 bits per heavy atom. The molecule has 20 heavy (non-hydrogen) atoms. The largest absolute Gasteiger partial charge is 0.466 e. The number of hydrogen-bond donors (Lipinski definition) is 1. The summed E-state index contributed by atoms with van der Waals surface area (Å²) in [7, 11) is 0. The first kappa shape index (κ1) is 15.1. The van der Waals surface area contributed by atoms with E-state index in [0.29, 0.717) is 5.02 Å². The van der Waals surface area contributed by atoms with Gasteiger partial charge in [0.15, 0.2) is 0 Å². The third kappa shape index (κ3) is 2.91. The van der Waals surface area contributed by atoms with Gasteiger partial charge in [-0.3, -0.25) is 4.68 Å². The van der Waals surface area contributed by atoms with Gasteiger partial charge in [0, 0.05) is 12.1 Å². The van der Waals surface area contributed by atoms with Gasteiger partial charge >= 0.3 is 0 Å². The maximum Gasteiger partial charge on any atom is 0.106 e. The van der Waals surface area contributed by atoms with Crippen molar-refractivity contribution in [2.75, 3.05) is 6.54 Å². The number of hydrogen-bond acceptors (Lipinski definition) is 3. The maximum absolute atomic E-state index is 6.37. The summed E-state index contributed by atoms with van der Waals surface area (Å²) < 4.78 is 7.65. The van der Waals surface area contributed by atoms with Crippen LogP contribution in [0.1, 0.15) is 49.1 Å². The lowest BCUT2D eigenvalue weighted by atomic mass is 10.0. The summed E-state index contributed by atoms with van der Waals surface area (Å²) in [6.07, 6.45) is 2.74. The van der Waals surface area contributed by atoms with E-state index < -0.39 is 0 Å². The average molecular weight is 296 g/mol. The van der Waals surface area contributed by atoms with Gasteiger partial charge in [0.1, 0.15) is 11.5 Å². The monoisotopic (exact) mass is 295 g/mol. The highest BCUT2D eigenvalue weighted by Gasteiger charge is 2.24. The fraction of sp³-hybridized carbons (Fsp3) is 0.533. The van der Waals surface area contributed by atoms with E-state index in [1.165, 1.54) is 0 Å². The van der Waals surface area contributed by atoms with Crippen molar-refractivity contribution in [3.05, 3.63) is 40.1 Å². The van der Waals surface area contributed by atoms with Crippen LogP contribution in [0.5, 0.6) is 0 Å². The third-order valence-corrected chi connectivity index (χ3v) is 3.63. The Bertz CT molecular complexity index is 574.